The van der Waals surface area contributed by atoms with Crippen LogP contribution in [0.3, 0.4) is 0 Å². The van der Waals surface area contributed by atoms with Crippen molar-refractivity contribution in [3.05, 3.63) is 59.6 Å². The van der Waals surface area contributed by atoms with Gasteiger partial charge in [-0.15, -0.1) is 11.3 Å². The van der Waals surface area contributed by atoms with Crippen molar-refractivity contribution in [3.8, 4) is 10.7 Å². The lowest BCUT2D eigenvalue weighted by atomic mass is 10.3. The van der Waals surface area contributed by atoms with E-state index in [9.17, 15) is 4.79 Å². The van der Waals surface area contributed by atoms with E-state index in [2.05, 4.69) is 15.1 Å². The lowest BCUT2D eigenvalue weighted by molar-refractivity contribution is -0.139. The SMILES string of the molecule is O=C(/C=C/c1ccccn1)OCc1nc(-c2cccs2)no1. The van der Waals surface area contributed by atoms with E-state index >= 15 is 0 Å². The second kappa shape index (κ2) is 6.77. The summed E-state index contributed by atoms with van der Waals surface area (Å²) in [5, 5.41) is 5.76. The molecule has 22 heavy (non-hydrogen) atoms. The molecule has 0 aromatic carbocycles. The second-order valence-corrected chi connectivity index (χ2v) is 5.13. The highest BCUT2D eigenvalue weighted by Gasteiger charge is 2.10. The fourth-order valence-corrected chi connectivity index (χ4v) is 2.28. The number of ether oxygens (including phenoxy) is 1. The molecule has 0 N–H and O–H groups in total. The van der Waals surface area contributed by atoms with Gasteiger partial charge in [-0.05, 0) is 29.7 Å². The molecule has 110 valence electrons. The largest absolute Gasteiger partial charge is 0.452 e. The fourth-order valence-electron chi connectivity index (χ4n) is 1.63. The lowest BCUT2D eigenvalue weighted by Gasteiger charge is -1.96. The number of hydrogen-bond acceptors (Lipinski definition) is 7. The first-order valence-corrected chi connectivity index (χ1v) is 7.31. The van der Waals surface area contributed by atoms with Crippen molar-refractivity contribution in [3.63, 3.8) is 0 Å². The van der Waals surface area contributed by atoms with Gasteiger partial charge in [-0.2, -0.15) is 4.98 Å². The molecular weight excluding hydrogens is 302 g/mol. The monoisotopic (exact) mass is 313 g/mol. The lowest BCUT2D eigenvalue weighted by Crippen LogP contribution is -2.01. The fraction of sp³-hybridized carbons (Fsp3) is 0.0667. The summed E-state index contributed by atoms with van der Waals surface area (Å²) in [6.07, 6.45) is 4.53. The standard InChI is InChI=1S/C15H11N3O3S/c19-14(7-6-11-4-1-2-8-16-11)20-10-13-17-15(18-21-13)12-5-3-9-22-12/h1-9H,10H2/b7-6+. The van der Waals surface area contributed by atoms with Crippen LogP contribution in [-0.4, -0.2) is 21.1 Å². The molecule has 7 heteroatoms. The van der Waals surface area contributed by atoms with Crippen LogP contribution in [0.2, 0.25) is 0 Å². The minimum absolute atomic E-state index is 0.0657. The Morgan fingerprint density at radius 2 is 2.27 bits per heavy atom. The van der Waals surface area contributed by atoms with Gasteiger partial charge in [0.1, 0.15) is 0 Å². The zero-order chi connectivity index (χ0) is 15.2. The van der Waals surface area contributed by atoms with Gasteiger partial charge in [-0.25, -0.2) is 4.79 Å². The maximum absolute atomic E-state index is 11.6. The Hall–Kier alpha value is -2.80. The van der Waals surface area contributed by atoms with Crippen LogP contribution in [-0.2, 0) is 16.1 Å². The van der Waals surface area contributed by atoms with Gasteiger partial charge >= 0.3 is 5.97 Å². The quantitative estimate of drug-likeness (QED) is 0.532. The third kappa shape index (κ3) is 3.64. The Morgan fingerprint density at radius 1 is 1.32 bits per heavy atom. The number of aromatic nitrogens is 3. The molecule has 0 aliphatic rings. The Morgan fingerprint density at radius 3 is 3.05 bits per heavy atom. The van der Waals surface area contributed by atoms with E-state index in [4.69, 9.17) is 9.26 Å². The van der Waals surface area contributed by atoms with Gasteiger partial charge in [0.2, 0.25) is 5.82 Å². The van der Waals surface area contributed by atoms with Gasteiger partial charge in [0, 0.05) is 12.3 Å². The Balaban J connectivity index is 1.54. The normalized spacial score (nSPS) is 10.9. The molecule has 3 rings (SSSR count). The van der Waals surface area contributed by atoms with E-state index in [1.807, 2.05) is 23.6 Å². The van der Waals surface area contributed by atoms with Gasteiger partial charge in [0.05, 0.1) is 10.6 Å². The molecule has 0 radical (unpaired) electrons. The highest BCUT2D eigenvalue weighted by molar-refractivity contribution is 7.13. The van der Waals surface area contributed by atoms with Crippen LogP contribution >= 0.6 is 11.3 Å². The first kappa shape index (κ1) is 14.2. The maximum Gasteiger partial charge on any atom is 0.331 e. The summed E-state index contributed by atoms with van der Waals surface area (Å²) in [6, 6.07) is 9.22. The van der Waals surface area contributed by atoms with Gasteiger partial charge in [-0.3, -0.25) is 4.98 Å². The Kier molecular flexibility index (Phi) is 4.35. The third-order valence-electron chi connectivity index (χ3n) is 2.63. The van der Waals surface area contributed by atoms with Crippen LogP contribution in [0.15, 0.2) is 52.5 Å². The molecule has 0 spiro atoms. The van der Waals surface area contributed by atoms with E-state index in [0.29, 0.717) is 11.5 Å². The third-order valence-corrected chi connectivity index (χ3v) is 3.49. The zero-order valence-electron chi connectivity index (χ0n) is 11.4. The molecular formula is C15H11N3O3S. The predicted molar refractivity (Wildman–Crippen MR) is 80.7 cm³/mol. The minimum atomic E-state index is -0.499. The molecule has 0 saturated heterocycles. The first-order valence-electron chi connectivity index (χ1n) is 6.43. The number of carbonyl (C=O) groups is 1. The van der Waals surface area contributed by atoms with E-state index < -0.39 is 5.97 Å². The zero-order valence-corrected chi connectivity index (χ0v) is 12.2. The Bertz CT molecular complexity index is 766. The summed E-state index contributed by atoms with van der Waals surface area (Å²) in [5.74, 6) is 0.245. The number of nitrogens with zero attached hydrogens (tertiary/aromatic N) is 3. The van der Waals surface area contributed by atoms with Crippen molar-refractivity contribution in [2.24, 2.45) is 0 Å². The predicted octanol–water partition coefficient (Wildman–Crippen LogP) is 2.95. The van der Waals surface area contributed by atoms with E-state index in [1.54, 1.807) is 24.4 Å². The highest BCUT2D eigenvalue weighted by atomic mass is 32.1. The molecule has 0 aliphatic heterocycles. The van der Waals surface area contributed by atoms with Crippen molar-refractivity contribution in [2.45, 2.75) is 6.61 Å². The summed E-state index contributed by atoms with van der Waals surface area (Å²) >= 11 is 1.51. The second-order valence-electron chi connectivity index (χ2n) is 4.18. The van der Waals surface area contributed by atoms with Crippen LogP contribution in [0, 0.1) is 0 Å². The van der Waals surface area contributed by atoms with Gasteiger partial charge in [0.25, 0.3) is 5.89 Å². The number of rotatable bonds is 5. The summed E-state index contributed by atoms with van der Waals surface area (Å²) in [4.78, 5) is 20.7. The molecule has 0 saturated carbocycles. The molecule has 3 aromatic rings. The number of thiophene rings is 1. The topological polar surface area (TPSA) is 78.1 Å². The van der Waals surface area contributed by atoms with Crippen LogP contribution < -0.4 is 0 Å². The molecule has 6 nitrogen and oxygen atoms in total. The summed E-state index contributed by atoms with van der Waals surface area (Å²) in [7, 11) is 0. The minimum Gasteiger partial charge on any atom is -0.452 e. The van der Waals surface area contributed by atoms with Gasteiger partial charge in [-0.1, -0.05) is 17.3 Å². The highest BCUT2D eigenvalue weighted by Crippen LogP contribution is 2.21. The van der Waals surface area contributed by atoms with E-state index in [1.165, 1.54) is 17.4 Å². The summed E-state index contributed by atoms with van der Waals surface area (Å²) in [5.41, 5.74) is 0.678. The van der Waals surface area contributed by atoms with E-state index in [-0.39, 0.29) is 12.5 Å². The van der Waals surface area contributed by atoms with Crippen molar-refractivity contribution >= 4 is 23.4 Å². The van der Waals surface area contributed by atoms with Crippen molar-refractivity contribution < 1.29 is 14.1 Å². The Labute approximate surface area is 130 Å². The molecule has 0 atom stereocenters. The number of pyridine rings is 1. The molecule has 0 amide bonds. The average Bonchev–Trinajstić information content (AvgIpc) is 3.22. The molecule has 0 unspecified atom stereocenters. The van der Waals surface area contributed by atoms with Crippen LogP contribution in [0.4, 0.5) is 0 Å². The molecule has 0 bridgehead atoms. The van der Waals surface area contributed by atoms with Crippen LogP contribution in [0.1, 0.15) is 11.6 Å². The van der Waals surface area contributed by atoms with Crippen molar-refractivity contribution in [1.29, 1.82) is 0 Å². The maximum atomic E-state index is 11.6. The number of esters is 1. The number of hydrogen-bond donors (Lipinski definition) is 0. The summed E-state index contributed by atoms with van der Waals surface area (Å²) < 4.78 is 10.1. The van der Waals surface area contributed by atoms with Gasteiger partial charge in [0.15, 0.2) is 6.61 Å². The molecule has 3 heterocycles. The molecule has 0 fully saturated rings. The summed E-state index contributed by atoms with van der Waals surface area (Å²) in [6.45, 7) is -0.0657. The molecule has 3 aromatic heterocycles. The van der Waals surface area contributed by atoms with Crippen molar-refractivity contribution in [2.75, 3.05) is 0 Å². The average molecular weight is 313 g/mol. The van der Waals surface area contributed by atoms with E-state index in [0.717, 1.165) is 4.88 Å². The van der Waals surface area contributed by atoms with Gasteiger partial charge < -0.3 is 9.26 Å². The molecule has 0 aliphatic carbocycles. The van der Waals surface area contributed by atoms with Crippen molar-refractivity contribution in [1.82, 2.24) is 15.1 Å². The van der Waals surface area contributed by atoms with Crippen LogP contribution in [0.5, 0.6) is 0 Å². The smallest absolute Gasteiger partial charge is 0.331 e. The number of carbonyl (C=O) groups excluding carboxylic acids is 1. The van der Waals surface area contributed by atoms with Crippen LogP contribution in [0.25, 0.3) is 16.8 Å². The first-order chi connectivity index (χ1) is 10.8.